The highest BCUT2D eigenvalue weighted by Crippen LogP contribution is 2.16. The summed E-state index contributed by atoms with van der Waals surface area (Å²) in [7, 11) is 0. The van der Waals surface area contributed by atoms with E-state index in [1.807, 2.05) is 12.1 Å². The van der Waals surface area contributed by atoms with E-state index in [4.69, 9.17) is 15.8 Å². The smallest absolute Gasteiger partial charge is 0.0669 e. The fourth-order valence-corrected chi connectivity index (χ4v) is 0.917. The van der Waals surface area contributed by atoms with E-state index >= 15 is 0 Å². The van der Waals surface area contributed by atoms with Gasteiger partial charge in [0.15, 0.2) is 0 Å². The molecule has 0 saturated heterocycles. The summed E-state index contributed by atoms with van der Waals surface area (Å²) in [5.74, 6) is -0.447. The van der Waals surface area contributed by atoms with Crippen molar-refractivity contribution in [2.75, 3.05) is 0 Å². The van der Waals surface area contributed by atoms with Crippen LogP contribution in [-0.4, -0.2) is 0 Å². The van der Waals surface area contributed by atoms with Crippen LogP contribution in [0.4, 0.5) is 0 Å². The summed E-state index contributed by atoms with van der Waals surface area (Å²) in [6.45, 7) is 1.74. The van der Waals surface area contributed by atoms with Crippen molar-refractivity contribution in [2.45, 2.75) is 26.2 Å². The van der Waals surface area contributed by atoms with E-state index in [9.17, 15) is 0 Å². The first-order valence-electron chi connectivity index (χ1n) is 3.92. The average Bonchev–Trinajstić information content (AvgIpc) is 2.11. The lowest BCUT2D eigenvalue weighted by atomic mass is 9.92. The molecule has 0 amide bonds. The summed E-state index contributed by atoms with van der Waals surface area (Å²) >= 11 is 0. The Morgan fingerprint density at radius 1 is 1.17 bits per heavy atom. The molecule has 0 bridgehead atoms. The predicted molar refractivity (Wildman–Crippen MR) is 43.3 cm³/mol. The van der Waals surface area contributed by atoms with Gasteiger partial charge in [0, 0.05) is 6.42 Å². The third-order valence-corrected chi connectivity index (χ3v) is 1.78. The van der Waals surface area contributed by atoms with Crippen LogP contribution < -0.4 is 0 Å². The molecule has 0 heterocycles. The van der Waals surface area contributed by atoms with Gasteiger partial charge in [-0.1, -0.05) is 0 Å². The Balaban J connectivity index is 3.81. The Hall–Kier alpha value is -1.53. The Morgan fingerprint density at radius 2 is 1.83 bits per heavy atom. The molecule has 62 valence electrons. The molecule has 0 aliphatic heterocycles. The van der Waals surface area contributed by atoms with Crippen LogP contribution in [0, 0.1) is 45.8 Å². The minimum atomic E-state index is -0.228. The molecule has 0 rings (SSSR count). The van der Waals surface area contributed by atoms with Crippen LogP contribution in [0.25, 0.3) is 0 Å². The van der Waals surface area contributed by atoms with Gasteiger partial charge in [-0.15, -0.1) is 0 Å². The molecule has 0 radical (unpaired) electrons. The molecule has 2 atom stereocenters. The van der Waals surface area contributed by atoms with Crippen molar-refractivity contribution in [3.05, 3.63) is 0 Å². The van der Waals surface area contributed by atoms with Gasteiger partial charge < -0.3 is 0 Å². The lowest BCUT2D eigenvalue weighted by Gasteiger charge is -2.08. The van der Waals surface area contributed by atoms with E-state index in [1.54, 1.807) is 6.92 Å². The second-order valence-electron chi connectivity index (χ2n) is 2.70. The molecule has 3 nitrogen and oxygen atoms in total. The molecular weight excluding hydrogens is 150 g/mol. The van der Waals surface area contributed by atoms with Crippen LogP contribution in [0.3, 0.4) is 0 Å². The van der Waals surface area contributed by atoms with Crippen molar-refractivity contribution in [3.63, 3.8) is 0 Å². The second kappa shape index (κ2) is 6.20. The molecular formula is C9H11N3. The first-order valence-corrected chi connectivity index (χ1v) is 3.92. The lowest BCUT2D eigenvalue weighted by molar-refractivity contribution is 0.482. The topological polar surface area (TPSA) is 71.4 Å². The van der Waals surface area contributed by atoms with Crippen molar-refractivity contribution >= 4 is 0 Å². The first-order chi connectivity index (χ1) is 5.76. The van der Waals surface area contributed by atoms with E-state index in [2.05, 4.69) is 6.07 Å². The monoisotopic (exact) mass is 161 g/mol. The Kier molecular flexibility index (Phi) is 5.41. The summed E-state index contributed by atoms with van der Waals surface area (Å²) in [4.78, 5) is 0. The average molecular weight is 161 g/mol. The van der Waals surface area contributed by atoms with Crippen LogP contribution in [0.2, 0.25) is 0 Å². The van der Waals surface area contributed by atoms with Crippen LogP contribution in [0.5, 0.6) is 0 Å². The highest BCUT2D eigenvalue weighted by atomic mass is 14.3. The summed E-state index contributed by atoms with van der Waals surface area (Å²) < 4.78 is 0. The van der Waals surface area contributed by atoms with E-state index < -0.39 is 0 Å². The van der Waals surface area contributed by atoms with Crippen molar-refractivity contribution in [1.29, 1.82) is 15.8 Å². The zero-order chi connectivity index (χ0) is 9.40. The molecule has 0 aliphatic rings. The highest BCUT2D eigenvalue weighted by Gasteiger charge is 2.14. The first kappa shape index (κ1) is 10.5. The Labute approximate surface area is 72.8 Å². The van der Waals surface area contributed by atoms with Gasteiger partial charge in [-0.05, 0) is 19.8 Å². The number of rotatable bonds is 4. The van der Waals surface area contributed by atoms with E-state index in [0.717, 1.165) is 0 Å². The molecule has 0 saturated carbocycles. The number of nitrogens with zero attached hydrogens (tertiary/aromatic N) is 3. The largest absolute Gasteiger partial charge is 0.198 e. The highest BCUT2D eigenvalue weighted by molar-refractivity contribution is 4.95. The Morgan fingerprint density at radius 3 is 2.25 bits per heavy atom. The quantitative estimate of drug-likeness (QED) is 0.592. The normalized spacial score (nSPS) is 13.5. The maximum atomic E-state index is 8.64. The van der Waals surface area contributed by atoms with Gasteiger partial charge in [-0.2, -0.15) is 15.8 Å². The van der Waals surface area contributed by atoms with Gasteiger partial charge in [0.2, 0.25) is 0 Å². The van der Waals surface area contributed by atoms with Gasteiger partial charge in [-0.25, -0.2) is 0 Å². The molecule has 0 aliphatic carbocycles. The zero-order valence-corrected chi connectivity index (χ0v) is 7.12. The van der Waals surface area contributed by atoms with E-state index in [1.165, 1.54) is 0 Å². The van der Waals surface area contributed by atoms with Gasteiger partial charge in [-0.3, -0.25) is 0 Å². The maximum Gasteiger partial charge on any atom is 0.0669 e. The van der Waals surface area contributed by atoms with Gasteiger partial charge >= 0.3 is 0 Å². The molecule has 0 aromatic rings. The van der Waals surface area contributed by atoms with Crippen molar-refractivity contribution in [3.8, 4) is 18.2 Å². The molecule has 0 aromatic carbocycles. The van der Waals surface area contributed by atoms with Gasteiger partial charge in [0.25, 0.3) is 0 Å². The minimum Gasteiger partial charge on any atom is -0.198 e. The predicted octanol–water partition coefficient (Wildman–Crippen LogP) is 1.98. The van der Waals surface area contributed by atoms with Gasteiger partial charge in [0.05, 0.1) is 30.0 Å². The Bertz CT molecular complexity index is 238. The van der Waals surface area contributed by atoms with E-state index in [-0.39, 0.29) is 11.8 Å². The lowest BCUT2D eigenvalue weighted by Crippen LogP contribution is -2.07. The molecule has 0 aromatic heterocycles. The number of hydrogen-bond donors (Lipinski definition) is 0. The third-order valence-electron chi connectivity index (χ3n) is 1.78. The fourth-order valence-electron chi connectivity index (χ4n) is 0.917. The number of hydrogen-bond acceptors (Lipinski definition) is 3. The maximum absolute atomic E-state index is 8.64. The van der Waals surface area contributed by atoms with E-state index in [0.29, 0.717) is 19.3 Å². The SMILES string of the molecule is CC(C#N)C(C#N)CCCC#N. The van der Waals surface area contributed by atoms with Gasteiger partial charge in [0.1, 0.15) is 0 Å². The van der Waals surface area contributed by atoms with Crippen molar-refractivity contribution < 1.29 is 0 Å². The molecule has 2 unspecified atom stereocenters. The molecule has 12 heavy (non-hydrogen) atoms. The summed E-state index contributed by atoms with van der Waals surface area (Å²) in [5, 5.41) is 25.4. The zero-order valence-electron chi connectivity index (χ0n) is 7.12. The number of unbranched alkanes of at least 4 members (excludes halogenated alkanes) is 1. The molecule has 0 spiro atoms. The summed E-state index contributed by atoms with van der Waals surface area (Å²) in [5.41, 5.74) is 0. The van der Waals surface area contributed by atoms with Crippen LogP contribution in [0.1, 0.15) is 26.2 Å². The third kappa shape index (κ3) is 3.59. The summed E-state index contributed by atoms with van der Waals surface area (Å²) in [6, 6.07) is 6.13. The molecule has 3 heteroatoms. The minimum absolute atomic E-state index is 0.219. The summed E-state index contributed by atoms with van der Waals surface area (Å²) in [6.07, 6.45) is 1.83. The standard InChI is InChI=1S/C9H11N3/c1-8(6-11)9(7-12)4-2-3-5-10/h8-9H,2-4H2,1H3. The fraction of sp³-hybridized carbons (Fsp3) is 0.667. The second-order valence-corrected chi connectivity index (χ2v) is 2.70. The molecule has 0 N–H and O–H groups in total. The van der Waals surface area contributed by atoms with Crippen LogP contribution >= 0.6 is 0 Å². The van der Waals surface area contributed by atoms with Crippen molar-refractivity contribution in [2.24, 2.45) is 11.8 Å². The van der Waals surface area contributed by atoms with Crippen LogP contribution in [-0.2, 0) is 0 Å². The van der Waals surface area contributed by atoms with Crippen molar-refractivity contribution in [1.82, 2.24) is 0 Å². The van der Waals surface area contributed by atoms with Crippen LogP contribution in [0.15, 0.2) is 0 Å². The molecule has 0 fully saturated rings. The number of nitriles is 3.